The molecule has 0 spiro atoms. The Labute approximate surface area is 195 Å². The van der Waals surface area contributed by atoms with Gasteiger partial charge in [-0.15, -0.1) is 10.2 Å². The predicted molar refractivity (Wildman–Crippen MR) is 122 cm³/mol. The highest BCUT2D eigenvalue weighted by Crippen LogP contribution is 2.29. The molecule has 158 valence electrons. The van der Waals surface area contributed by atoms with Gasteiger partial charge in [-0.05, 0) is 42.0 Å². The minimum Gasteiger partial charge on any atom is -0.439 e. The molecule has 2 aromatic heterocycles. The maximum atomic E-state index is 12.7. The van der Waals surface area contributed by atoms with Crippen molar-refractivity contribution in [3.63, 3.8) is 0 Å². The Morgan fingerprint density at radius 1 is 1.03 bits per heavy atom. The highest BCUT2D eigenvalue weighted by atomic mass is 79.9. The quantitative estimate of drug-likeness (QED) is 0.254. The molecule has 0 unspecified atom stereocenters. The number of amides is 1. The molecule has 0 atom stereocenters. The van der Waals surface area contributed by atoms with E-state index >= 15 is 0 Å². The van der Waals surface area contributed by atoms with Crippen molar-refractivity contribution in [3.8, 4) is 0 Å². The van der Waals surface area contributed by atoms with Crippen molar-refractivity contribution < 1.29 is 17.6 Å². The zero-order valence-electron chi connectivity index (χ0n) is 15.7. The first kappa shape index (κ1) is 21.8. The minimum absolute atomic E-state index is 0.0706. The number of carbonyl (C=O) groups excluding carboxylic acids is 1. The molecular weight excluding hydrogens is 522 g/mol. The molecule has 0 aliphatic heterocycles. The highest BCUT2D eigenvalue weighted by molar-refractivity contribution is 9.10. The molecule has 11 heteroatoms. The summed E-state index contributed by atoms with van der Waals surface area (Å²) >= 11 is 6.00. The number of aromatic nitrogens is 2. The standard InChI is InChI=1S/C20H14BrN3O4S3/c21-14-6-8-15(9-7-14)31(26,27)17-11-10-16(28-17)18(25)22-19-23-24-20(30-19)29-12-13-4-2-1-3-5-13/h1-11H,12H2,(H,22,23,25). The SMILES string of the molecule is O=C(Nc1nnc(SCc2ccccc2)s1)c1ccc(S(=O)(=O)c2ccc(Br)cc2)o1. The molecule has 0 bridgehead atoms. The number of halogens is 1. The monoisotopic (exact) mass is 535 g/mol. The summed E-state index contributed by atoms with van der Waals surface area (Å²) in [5.74, 6) is -0.00353. The summed E-state index contributed by atoms with van der Waals surface area (Å²) in [6.45, 7) is 0. The number of sulfone groups is 1. The van der Waals surface area contributed by atoms with Crippen molar-refractivity contribution in [2.24, 2.45) is 0 Å². The summed E-state index contributed by atoms with van der Waals surface area (Å²) in [7, 11) is -3.87. The van der Waals surface area contributed by atoms with Crippen LogP contribution in [0.3, 0.4) is 0 Å². The van der Waals surface area contributed by atoms with Crippen LogP contribution < -0.4 is 5.32 Å². The molecule has 0 saturated carbocycles. The Morgan fingerprint density at radius 2 is 1.77 bits per heavy atom. The molecule has 0 aliphatic carbocycles. The van der Waals surface area contributed by atoms with E-state index < -0.39 is 15.7 Å². The molecule has 0 radical (unpaired) electrons. The second-order valence-corrected chi connectivity index (χ2v) is 11.2. The second-order valence-electron chi connectivity index (χ2n) is 6.18. The van der Waals surface area contributed by atoms with Gasteiger partial charge in [0.05, 0.1) is 4.90 Å². The van der Waals surface area contributed by atoms with Gasteiger partial charge in [-0.25, -0.2) is 8.42 Å². The first-order valence-electron chi connectivity index (χ1n) is 8.84. The summed E-state index contributed by atoms with van der Waals surface area (Å²) in [6, 6.07) is 18.7. The van der Waals surface area contributed by atoms with Gasteiger partial charge in [0.25, 0.3) is 5.91 Å². The fraction of sp³-hybridized carbons (Fsp3) is 0.0500. The topological polar surface area (TPSA) is 102 Å². The van der Waals surface area contributed by atoms with Crippen LogP contribution in [0.4, 0.5) is 5.13 Å². The largest absolute Gasteiger partial charge is 0.439 e. The number of hydrogen-bond donors (Lipinski definition) is 1. The van der Waals surface area contributed by atoms with E-state index in [4.69, 9.17) is 4.42 Å². The molecular formula is C20H14BrN3O4S3. The van der Waals surface area contributed by atoms with Gasteiger partial charge in [0.2, 0.25) is 20.1 Å². The molecule has 31 heavy (non-hydrogen) atoms. The summed E-state index contributed by atoms with van der Waals surface area (Å²) in [5, 5.41) is 10.6. The van der Waals surface area contributed by atoms with Crippen LogP contribution in [0.1, 0.15) is 16.1 Å². The first-order chi connectivity index (χ1) is 14.9. The molecule has 0 fully saturated rings. The molecule has 1 amide bonds. The number of thioether (sulfide) groups is 1. The van der Waals surface area contributed by atoms with Gasteiger partial charge < -0.3 is 4.42 Å². The molecule has 4 aromatic rings. The summed E-state index contributed by atoms with van der Waals surface area (Å²) in [4.78, 5) is 12.5. The number of carbonyl (C=O) groups is 1. The lowest BCUT2D eigenvalue weighted by Gasteiger charge is -2.01. The molecule has 1 N–H and O–H groups in total. The maximum Gasteiger partial charge on any atom is 0.293 e. The Kier molecular flexibility index (Phi) is 6.56. The van der Waals surface area contributed by atoms with Crippen molar-refractivity contribution in [1.82, 2.24) is 10.2 Å². The summed E-state index contributed by atoms with van der Waals surface area (Å²) < 4.78 is 32.1. The third kappa shape index (κ3) is 5.24. The summed E-state index contributed by atoms with van der Waals surface area (Å²) in [5.41, 5.74) is 1.16. The number of nitrogens with zero attached hydrogens (tertiary/aromatic N) is 2. The smallest absolute Gasteiger partial charge is 0.293 e. The van der Waals surface area contributed by atoms with E-state index in [9.17, 15) is 13.2 Å². The summed E-state index contributed by atoms with van der Waals surface area (Å²) in [6.07, 6.45) is 0. The minimum atomic E-state index is -3.87. The zero-order valence-corrected chi connectivity index (χ0v) is 19.7. The van der Waals surface area contributed by atoms with E-state index in [0.29, 0.717) is 9.47 Å². The first-order valence-corrected chi connectivity index (χ1v) is 12.9. The van der Waals surface area contributed by atoms with Crippen molar-refractivity contribution in [3.05, 3.63) is 82.5 Å². The van der Waals surface area contributed by atoms with Crippen LogP contribution in [0.25, 0.3) is 0 Å². The van der Waals surface area contributed by atoms with Crippen LogP contribution in [0.15, 0.2) is 89.9 Å². The number of benzene rings is 2. The lowest BCUT2D eigenvalue weighted by molar-refractivity contribution is 0.0991. The van der Waals surface area contributed by atoms with Crippen molar-refractivity contribution in [2.75, 3.05) is 5.32 Å². The van der Waals surface area contributed by atoms with Gasteiger partial charge in [0, 0.05) is 10.2 Å². The van der Waals surface area contributed by atoms with Gasteiger partial charge in [-0.1, -0.05) is 69.4 Å². The van der Waals surface area contributed by atoms with Gasteiger partial charge in [0.1, 0.15) is 0 Å². The van der Waals surface area contributed by atoms with E-state index in [0.717, 1.165) is 15.8 Å². The van der Waals surface area contributed by atoms with Crippen molar-refractivity contribution >= 4 is 59.9 Å². The predicted octanol–water partition coefficient (Wildman–Crippen LogP) is 5.27. The average molecular weight is 536 g/mol. The van der Waals surface area contributed by atoms with Crippen LogP contribution in [-0.2, 0) is 15.6 Å². The van der Waals surface area contributed by atoms with E-state index in [-0.39, 0.29) is 15.7 Å². The number of anilines is 1. The van der Waals surface area contributed by atoms with Crippen LogP contribution in [0, 0.1) is 0 Å². The lowest BCUT2D eigenvalue weighted by Crippen LogP contribution is -2.10. The fourth-order valence-corrected chi connectivity index (χ4v) is 5.65. The third-order valence-corrected chi connectivity index (χ3v) is 8.24. The van der Waals surface area contributed by atoms with E-state index in [1.807, 2.05) is 30.3 Å². The number of hydrogen-bond acceptors (Lipinski definition) is 8. The number of furan rings is 1. The molecule has 0 aliphatic rings. The van der Waals surface area contributed by atoms with Gasteiger partial charge in [-0.3, -0.25) is 10.1 Å². The maximum absolute atomic E-state index is 12.7. The van der Waals surface area contributed by atoms with E-state index in [2.05, 4.69) is 31.4 Å². The average Bonchev–Trinajstić information content (AvgIpc) is 3.44. The third-order valence-electron chi connectivity index (χ3n) is 4.03. The van der Waals surface area contributed by atoms with Gasteiger partial charge in [0.15, 0.2) is 10.1 Å². The molecule has 7 nitrogen and oxygen atoms in total. The Balaban J connectivity index is 1.41. The number of rotatable bonds is 7. The van der Waals surface area contributed by atoms with E-state index in [1.165, 1.54) is 47.4 Å². The van der Waals surface area contributed by atoms with Gasteiger partial charge >= 0.3 is 0 Å². The normalized spacial score (nSPS) is 11.4. The zero-order chi connectivity index (χ0) is 21.8. The molecule has 0 saturated heterocycles. The van der Waals surface area contributed by atoms with Crippen LogP contribution in [0.2, 0.25) is 0 Å². The highest BCUT2D eigenvalue weighted by Gasteiger charge is 2.24. The molecule has 4 rings (SSSR count). The lowest BCUT2D eigenvalue weighted by atomic mass is 10.2. The molecule has 2 aromatic carbocycles. The Bertz CT molecular complexity index is 1300. The fourth-order valence-electron chi connectivity index (χ4n) is 2.51. The van der Waals surface area contributed by atoms with Gasteiger partial charge in [-0.2, -0.15) is 0 Å². The second kappa shape index (κ2) is 9.35. The van der Waals surface area contributed by atoms with Crippen molar-refractivity contribution in [2.45, 2.75) is 20.1 Å². The van der Waals surface area contributed by atoms with Crippen LogP contribution in [0.5, 0.6) is 0 Å². The molecule has 2 heterocycles. The van der Waals surface area contributed by atoms with Crippen LogP contribution >= 0.6 is 39.0 Å². The van der Waals surface area contributed by atoms with E-state index in [1.54, 1.807) is 12.1 Å². The van der Waals surface area contributed by atoms with Crippen LogP contribution in [-0.4, -0.2) is 24.5 Å². The Morgan fingerprint density at radius 3 is 2.52 bits per heavy atom. The Hall–Kier alpha value is -2.47. The number of nitrogens with one attached hydrogen (secondary N) is 1. The van der Waals surface area contributed by atoms with Crippen molar-refractivity contribution in [1.29, 1.82) is 0 Å².